The molecule has 5 nitrogen and oxygen atoms in total. The van der Waals surface area contributed by atoms with Gasteiger partial charge in [0.25, 0.3) is 0 Å². The van der Waals surface area contributed by atoms with E-state index in [1.807, 2.05) is 4.90 Å². The van der Waals surface area contributed by atoms with Crippen molar-refractivity contribution in [1.82, 2.24) is 15.1 Å². The molecule has 0 aliphatic carbocycles. The second-order valence-electron chi connectivity index (χ2n) is 5.38. The number of ether oxygens (including phenoxy) is 1. The van der Waals surface area contributed by atoms with Crippen molar-refractivity contribution in [2.24, 2.45) is 5.92 Å². The lowest BCUT2D eigenvalue weighted by Gasteiger charge is -2.31. The number of morpholine rings is 1. The number of carbonyl (C=O) groups excluding carboxylic acids is 1. The quantitative estimate of drug-likeness (QED) is 0.754. The Labute approximate surface area is 109 Å². The Morgan fingerprint density at radius 1 is 1.33 bits per heavy atom. The molecule has 0 radical (unpaired) electrons. The van der Waals surface area contributed by atoms with Gasteiger partial charge in [-0.15, -0.1) is 0 Å². The van der Waals surface area contributed by atoms with Crippen molar-refractivity contribution in [3.63, 3.8) is 0 Å². The summed E-state index contributed by atoms with van der Waals surface area (Å²) in [6.45, 7) is 6.70. The van der Waals surface area contributed by atoms with Gasteiger partial charge in [-0.3, -0.25) is 9.69 Å². The summed E-state index contributed by atoms with van der Waals surface area (Å²) < 4.78 is 5.26. The second-order valence-corrected chi connectivity index (χ2v) is 5.38. The lowest BCUT2D eigenvalue weighted by molar-refractivity contribution is -0.136. The summed E-state index contributed by atoms with van der Waals surface area (Å²) in [6.07, 6.45) is 2.46. The van der Waals surface area contributed by atoms with Crippen molar-refractivity contribution in [1.29, 1.82) is 0 Å². The highest BCUT2D eigenvalue weighted by Gasteiger charge is 2.20. The van der Waals surface area contributed by atoms with E-state index in [0.717, 1.165) is 38.6 Å². The van der Waals surface area contributed by atoms with E-state index < -0.39 is 0 Å². The maximum Gasteiger partial charge on any atom is 0.236 e. The smallest absolute Gasteiger partial charge is 0.236 e. The highest BCUT2D eigenvalue weighted by molar-refractivity contribution is 5.78. The minimum Gasteiger partial charge on any atom is -0.378 e. The number of hydrogen-bond acceptors (Lipinski definition) is 4. The summed E-state index contributed by atoms with van der Waals surface area (Å²) in [5, 5.41) is 3.37. The van der Waals surface area contributed by atoms with Gasteiger partial charge >= 0.3 is 0 Å². The van der Waals surface area contributed by atoms with Crippen molar-refractivity contribution in [3.05, 3.63) is 0 Å². The van der Waals surface area contributed by atoms with Gasteiger partial charge in [0.05, 0.1) is 19.8 Å². The molecule has 0 bridgehead atoms. The van der Waals surface area contributed by atoms with Crippen LogP contribution >= 0.6 is 0 Å². The lowest BCUT2D eigenvalue weighted by Crippen LogP contribution is -2.46. The first-order chi connectivity index (χ1) is 8.75. The number of likely N-dealkylation sites (N-methyl/N-ethyl adjacent to an activating group) is 1. The summed E-state index contributed by atoms with van der Waals surface area (Å²) in [6, 6.07) is 0. The van der Waals surface area contributed by atoms with Crippen molar-refractivity contribution < 1.29 is 9.53 Å². The molecule has 2 aliphatic heterocycles. The van der Waals surface area contributed by atoms with Crippen LogP contribution < -0.4 is 5.32 Å². The van der Waals surface area contributed by atoms with Crippen LogP contribution in [0.2, 0.25) is 0 Å². The van der Waals surface area contributed by atoms with Gasteiger partial charge < -0.3 is 15.0 Å². The van der Waals surface area contributed by atoms with E-state index in [4.69, 9.17) is 4.74 Å². The normalized spacial score (nSPS) is 22.4. The number of amides is 1. The van der Waals surface area contributed by atoms with Crippen LogP contribution in [0, 0.1) is 5.92 Å². The molecule has 0 atom stereocenters. The fraction of sp³-hybridized carbons (Fsp3) is 0.923. The maximum absolute atomic E-state index is 12.1. The van der Waals surface area contributed by atoms with E-state index in [9.17, 15) is 4.79 Å². The SMILES string of the molecule is CN(CC(=O)N1CCOCC1)CC1CCNCC1. The molecule has 2 rings (SSSR count). The highest BCUT2D eigenvalue weighted by Crippen LogP contribution is 2.12. The van der Waals surface area contributed by atoms with E-state index in [1.165, 1.54) is 12.8 Å². The molecule has 18 heavy (non-hydrogen) atoms. The largest absolute Gasteiger partial charge is 0.378 e. The molecule has 0 saturated carbocycles. The predicted octanol–water partition coefficient (Wildman–Crippen LogP) is -0.223. The molecule has 2 heterocycles. The number of nitrogens with zero attached hydrogens (tertiary/aromatic N) is 2. The molecular weight excluding hydrogens is 230 g/mol. The molecule has 1 amide bonds. The summed E-state index contributed by atoms with van der Waals surface area (Å²) in [7, 11) is 2.06. The van der Waals surface area contributed by atoms with Gasteiger partial charge in [-0.25, -0.2) is 0 Å². The van der Waals surface area contributed by atoms with Crippen LogP contribution in [0.5, 0.6) is 0 Å². The third kappa shape index (κ3) is 4.23. The first kappa shape index (κ1) is 13.8. The Balaban J connectivity index is 1.68. The third-order valence-corrected chi connectivity index (χ3v) is 3.80. The zero-order chi connectivity index (χ0) is 12.8. The predicted molar refractivity (Wildman–Crippen MR) is 70.5 cm³/mol. The molecule has 2 aliphatic rings. The monoisotopic (exact) mass is 255 g/mol. The molecule has 2 fully saturated rings. The Bertz CT molecular complexity index is 261. The summed E-state index contributed by atoms with van der Waals surface area (Å²) in [5.74, 6) is 0.989. The molecule has 0 spiro atoms. The van der Waals surface area contributed by atoms with Crippen LogP contribution in [0.25, 0.3) is 0 Å². The van der Waals surface area contributed by atoms with Crippen LogP contribution in [0.3, 0.4) is 0 Å². The first-order valence-electron chi connectivity index (χ1n) is 7.00. The van der Waals surface area contributed by atoms with E-state index in [2.05, 4.69) is 17.3 Å². The number of rotatable bonds is 4. The van der Waals surface area contributed by atoms with Crippen molar-refractivity contribution in [2.75, 3.05) is 59.5 Å². The van der Waals surface area contributed by atoms with Gasteiger partial charge in [-0.1, -0.05) is 0 Å². The lowest BCUT2D eigenvalue weighted by atomic mass is 9.98. The molecule has 104 valence electrons. The summed E-state index contributed by atoms with van der Waals surface area (Å²) in [5.41, 5.74) is 0. The average Bonchev–Trinajstić information content (AvgIpc) is 2.40. The zero-order valence-electron chi connectivity index (χ0n) is 11.4. The Morgan fingerprint density at radius 2 is 2.00 bits per heavy atom. The van der Waals surface area contributed by atoms with Gasteiger partial charge in [0.2, 0.25) is 5.91 Å². The summed E-state index contributed by atoms with van der Waals surface area (Å²) >= 11 is 0. The maximum atomic E-state index is 12.1. The van der Waals surface area contributed by atoms with Crippen LogP contribution in [-0.2, 0) is 9.53 Å². The number of hydrogen-bond donors (Lipinski definition) is 1. The molecule has 1 N–H and O–H groups in total. The van der Waals surface area contributed by atoms with Crippen LogP contribution in [0.4, 0.5) is 0 Å². The minimum atomic E-state index is 0.245. The fourth-order valence-corrected chi connectivity index (χ4v) is 2.71. The number of carbonyl (C=O) groups is 1. The minimum absolute atomic E-state index is 0.245. The number of nitrogens with one attached hydrogen (secondary N) is 1. The fourth-order valence-electron chi connectivity index (χ4n) is 2.71. The standard InChI is InChI=1S/C13H25N3O2/c1-15(10-12-2-4-14-5-3-12)11-13(17)16-6-8-18-9-7-16/h12,14H,2-11H2,1H3. The van der Waals surface area contributed by atoms with Crippen molar-refractivity contribution in [3.8, 4) is 0 Å². The molecular formula is C13H25N3O2. The first-order valence-corrected chi connectivity index (χ1v) is 7.00. The Kier molecular flexibility index (Phi) is 5.41. The highest BCUT2D eigenvalue weighted by atomic mass is 16.5. The summed E-state index contributed by atoms with van der Waals surface area (Å²) in [4.78, 5) is 16.2. The molecule has 0 aromatic heterocycles. The average molecular weight is 255 g/mol. The van der Waals surface area contributed by atoms with E-state index in [1.54, 1.807) is 0 Å². The van der Waals surface area contributed by atoms with E-state index in [0.29, 0.717) is 19.8 Å². The van der Waals surface area contributed by atoms with Gasteiger partial charge in [0.15, 0.2) is 0 Å². The van der Waals surface area contributed by atoms with Crippen LogP contribution in [-0.4, -0.2) is 75.2 Å². The molecule has 0 aromatic rings. The number of piperidine rings is 1. The van der Waals surface area contributed by atoms with Gasteiger partial charge in [0.1, 0.15) is 0 Å². The van der Waals surface area contributed by atoms with E-state index in [-0.39, 0.29) is 5.91 Å². The van der Waals surface area contributed by atoms with Gasteiger partial charge in [-0.2, -0.15) is 0 Å². The molecule has 5 heteroatoms. The Hall–Kier alpha value is -0.650. The molecule has 0 unspecified atom stereocenters. The van der Waals surface area contributed by atoms with Crippen LogP contribution in [0.15, 0.2) is 0 Å². The van der Waals surface area contributed by atoms with Crippen molar-refractivity contribution >= 4 is 5.91 Å². The van der Waals surface area contributed by atoms with Gasteiger partial charge in [-0.05, 0) is 38.9 Å². The van der Waals surface area contributed by atoms with E-state index >= 15 is 0 Å². The van der Waals surface area contributed by atoms with Crippen LogP contribution in [0.1, 0.15) is 12.8 Å². The molecule has 2 saturated heterocycles. The Morgan fingerprint density at radius 3 is 2.67 bits per heavy atom. The third-order valence-electron chi connectivity index (χ3n) is 3.80. The molecule has 0 aromatic carbocycles. The van der Waals surface area contributed by atoms with Gasteiger partial charge in [0, 0.05) is 19.6 Å². The zero-order valence-corrected chi connectivity index (χ0v) is 11.4. The van der Waals surface area contributed by atoms with Crippen molar-refractivity contribution in [2.45, 2.75) is 12.8 Å². The second kappa shape index (κ2) is 7.07. The topological polar surface area (TPSA) is 44.8 Å².